The van der Waals surface area contributed by atoms with Crippen molar-refractivity contribution in [3.05, 3.63) is 52.7 Å². The molecule has 0 saturated carbocycles. The van der Waals surface area contributed by atoms with Gasteiger partial charge in [-0.1, -0.05) is 35.9 Å². The lowest BCUT2D eigenvalue weighted by molar-refractivity contribution is 0.0144. The molecule has 0 bridgehead atoms. The fourth-order valence-corrected chi connectivity index (χ4v) is 7.00. The highest BCUT2D eigenvalue weighted by molar-refractivity contribution is 6.36. The molecule has 0 aliphatic carbocycles. The van der Waals surface area contributed by atoms with E-state index in [4.69, 9.17) is 31.0 Å². The number of fused-ring (bicyclic) bond motifs is 2. The van der Waals surface area contributed by atoms with Crippen molar-refractivity contribution < 1.29 is 18.7 Å². The van der Waals surface area contributed by atoms with E-state index in [-0.39, 0.29) is 31.1 Å². The highest BCUT2D eigenvalue weighted by Gasteiger charge is 2.36. The van der Waals surface area contributed by atoms with Crippen LogP contribution >= 0.6 is 11.6 Å². The van der Waals surface area contributed by atoms with E-state index in [9.17, 15) is 14.4 Å². The molecule has 3 atom stereocenters. The van der Waals surface area contributed by atoms with Gasteiger partial charge in [0.2, 0.25) is 0 Å². The monoisotopic (exact) mass is 649 g/mol. The molecule has 244 valence electrons. The summed E-state index contributed by atoms with van der Waals surface area (Å²) in [6.45, 7) is 8.76. The number of hydrogen-bond acceptors (Lipinski definition) is 9. The number of amides is 1. The number of benzene rings is 2. The van der Waals surface area contributed by atoms with E-state index < -0.39 is 17.9 Å². The summed E-state index contributed by atoms with van der Waals surface area (Å²) in [5.74, 6) is 0.755. The van der Waals surface area contributed by atoms with Crippen LogP contribution in [0.4, 0.5) is 20.7 Å². The third-order valence-electron chi connectivity index (χ3n) is 8.97. The third kappa shape index (κ3) is 6.79. The average Bonchev–Trinajstić information content (AvgIpc) is 3.34. The number of anilines is 2. The first-order valence-electron chi connectivity index (χ1n) is 15.9. The molecule has 12 heteroatoms. The summed E-state index contributed by atoms with van der Waals surface area (Å²) in [5, 5.41) is 12.4. The fourth-order valence-electron chi connectivity index (χ4n) is 6.73. The Morgan fingerprint density at radius 1 is 1.09 bits per heavy atom. The number of piperazine rings is 1. The molecule has 1 aromatic heterocycles. The number of nitrogens with zero attached hydrogens (tertiary/aromatic N) is 7. The molecule has 10 nitrogen and oxygen atoms in total. The number of carbonyl (C=O) groups excluding carboxylic acids is 1. The number of rotatable bonds is 6. The maximum absolute atomic E-state index is 14.1. The third-order valence-corrected chi connectivity index (χ3v) is 9.29. The second-order valence-corrected chi connectivity index (χ2v) is 13.8. The number of nitriles is 1. The van der Waals surface area contributed by atoms with Gasteiger partial charge in [-0.25, -0.2) is 9.18 Å². The van der Waals surface area contributed by atoms with Gasteiger partial charge >= 0.3 is 12.1 Å². The molecule has 3 aromatic rings. The van der Waals surface area contributed by atoms with Gasteiger partial charge in [-0.3, -0.25) is 4.90 Å². The van der Waals surface area contributed by atoms with Crippen LogP contribution in [0.15, 0.2) is 36.4 Å². The first kappa shape index (κ1) is 32.1. The predicted octanol–water partition coefficient (Wildman–Crippen LogP) is 5.61. The Labute approximate surface area is 274 Å². The lowest BCUT2D eigenvalue weighted by Crippen LogP contribution is -2.56. The summed E-state index contributed by atoms with van der Waals surface area (Å²) < 4.78 is 25.9. The van der Waals surface area contributed by atoms with Crippen LogP contribution in [0.2, 0.25) is 5.02 Å². The Morgan fingerprint density at radius 3 is 2.59 bits per heavy atom. The van der Waals surface area contributed by atoms with Gasteiger partial charge in [-0.05, 0) is 58.2 Å². The number of hydrogen-bond donors (Lipinski definition) is 0. The van der Waals surface area contributed by atoms with Gasteiger partial charge in [0, 0.05) is 55.4 Å². The largest absolute Gasteiger partial charge is 0.462 e. The molecule has 6 rings (SSSR count). The molecule has 2 fully saturated rings. The zero-order chi connectivity index (χ0) is 32.6. The van der Waals surface area contributed by atoms with Crippen LogP contribution in [-0.4, -0.2) is 96.1 Å². The molecule has 0 unspecified atom stereocenters. The van der Waals surface area contributed by atoms with E-state index in [1.165, 1.54) is 0 Å². The van der Waals surface area contributed by atoms with Crippen molar-refractivity contribution in [3.8, 4) is 12.1 Å². The van der Waals surface area contributed by atoms with Crippen LogP contribution in [0.5, 0.6) is 6.01 Å². The molecule has 0 N–H and O–H groups in total. The van der Waals surface area contributed by atoms with Crippen molar-refractivity contribution >= 4 is 40.0 Å². The maximum Gasteiger partial charge on any atom is 0.410 e. The Hall–Kier alpha value is -3.88. The fraction of sp³-hybridized carbons (Fsp3) is 0.529. The van der Waals surface area contributed by atoms with Crippen molar-refractivity contribution in [2.24, 2.45) is 0 Å². The summed E-state index contributed by atoms with van der Waals surface area (Å²) in [6, 6.07) is 14.2. The Morgan fingerprint density at radius 2 is 1.87 bits per heavy atom. The van der Waals surface area contributed by atoms with Gasteiger partial charge in [0.15, 0.2) is 0 Å². The van der Waals surface area contributed by atoms with E-state index >= 15 is 0 Å². The van der Waals surface area contributed by atoms with Crippen LogP contribution in [0.25, 0.3) is 10.8 Å². The van der Waals surface area contributed by atoms with Gasteiger partial charge < -0.3 is 24.2 Å². The summed E-state index contributed by atoms with van der Waals surface area (Å²) in [6.07, 6.45) is -0.0294. The molecule has 3 aliphatic heterocycles. The first-order valence-corrected chi connectivity index (χ1v) is 16.3. The van der Waals surface area contributed by atoms with Crippen molar-refractivity contribution in [3.63, 3.8) is 0 Å². The number of ether oxygens (including phenoxy) is 2. The van der Waals surface area contributed by atoms with Crippen LogP contribution in [0, 0.1) is 11.3 Å². The van der Waals surface area contributed by atoms with E-state index in [0.717, 1.165) is 40.1 Å². The zero-order valence-corrected chi connectivity index (χ0v) is 27.6. The topological polar surface area (TPSA) is 98.1 Å². The molecule has 3 aliphatic rings. The highest BCUT2D eigenvalue weighted by atomic mass is 35.5. The van der Waals surface area contributed by atoms with Gasteiger partial charge in [0.1, 0.15) is 24.2 Å². The number of halogens is 2. The maximum atomic E-state index is 14.1. The van der Waals surface area contributed by atoms with E-state index in [2.05, 4.69) is 34.1 Å². The smallest absolute Gasteiger partial charge is 0.410 e. The number of aromatic nitrogens is 2. The van der Waals surface area contributed by atoms with Gasteiger partial charge in [0.05, 0.1) is 35.8 Å². The minimum atomic E-state index is -0.877. The summed E-state index contributed by atoms with van der Waals surface area (Å²) in [4.78, 5) is 30.9. The quantitative estimate of drug-likeness (QED) is 0.338. The first-order chi connectivity index (χ1) is 22.0. The molecule has 4 heterocycles. The van der Waals surface area contributed by atoms with E-state index in [1.54, 1.807) is 4.90 Å². The lowest BCUT2D eigenvalue weighted by Gasteiger charge is -2.42. The normalized spacial score (nSPS) is 22.1. The molecule has 46 heavy (non-hydrogen) atoms. The number of likely N-dealkylation sites (N-methyl/N-ethyl adjacent to an activating group) is 1. The zero-order valence-electron chi connectivity index (χ0n) is 26.9. The summed E-state index contributed by atoms with van der Waals surface area (Å²) in [7, 11) is 1.90. The van der Waals surface area contributed by atoms with Gasteiger partial charge in [-0.15, -0.1) is 0 Å². The Bertz CT molecular complexity index is 1640. The second kappa shape index (κ2) is 13.1. The number of carbonyl (C=O) groups is 1. The molecule has 2 aromatic carbocycles. The van der Waals surface area contributed by atoms with E-state index in [0.29, 0.717) is 50.6 Å². The van der Waals surface area contributed by atoms with Crippen LogP contribution in [0.3, 0.4) is 0 Å². The molecular formula is C34H41ClFN7O3. The van der Waals surface area contributed by atoms with Crippen molar-refractivity contribution in [1.82, 2.24) is 19.8 Å². The number of likely N-dealkylation sites (tertiary alicyclic amines) is 1. The predicted molar refractivity (Wildman–Crippen MR) is 176 cm³/mol. The van der Waals surface area contributed by atoms with E-state index in [1.807, 2.05) is 50.9 Å². The lowest BCUT2D eigenvalue weighted by atomic mass is 10.0. The molecular weight excluding hydrogens is 609 g/mol. The Balaban J connectivity index is 1.32. The van der Waals surface area contributed by atoms with Gasteiger partial charge in [0.25, 0.3) is 0 Å². The summed E-state index contributed by atoms with van der Waals surface area (Å²) in [5.41, 5.74) is 2.28. The van der Waals surface area contributed by atoms with Crippen LogP contribution in [0.1, 0.15) is 44.9 Å². The number of alkyl halides is 1. The average molecular weight is 650 g/mol. The highest BCUT2D eigenvalue weighted by Crippen LogP contribution is 2.37. The second-order valence-electron chi connectivity index (χ2n) is 13.4. The minimum Gasteiger partial charge on any atom is -0.462 e. The molecule has 0 radical (unpaired) electrons. The standard InChI is InChI=1S/C34H41ClFN7O3/c1-34(2,3)46-33(44)43-16-15-42(19-24(43)11-13-37)31-26-12-14-41(29-10-6-8-22-7-5-9-27(35)30(22)29)20-28(26)38-32(39-31)45-21-25-17-23(36)18-40(25)4/h5-10,23-25H,11-12,14-21H2,1-4H3/t23-,24+,25-/m1/s1. The van der Waals surface area contributed by atoms with Crippen molar-refractivity contribution in [1.29, 1.82) is 5.26 Å². The molecule has 0 spiro atoms. The summed E-state index contributed by atoms with van der Waals surface area (Å²) >= 11 is 6.70. The molecule has 2 saturated heterocycles. The van der Waals surface area contributed by atoms with Crippen molar-refractivity contribution in [2.75, 3.05) is 56.2 Å². The van der Waals surface area contributed by atoms with Crippen LogP contribution < -0.4 is 14.5 Å². The van der Waals surface area contributed by atoms with Gasteiger partial charge in [-0.2, -0.15) is 15.2 Å². The van der Waals surface area contributed by atoms with Crippen LogP contribution in [-0.2, 0) is 17.7 Å². The SMILES string of the molecule is CN1C[C@H](F)C[C@@H]1COc1nc2c(c(N3CCN(C(=O)OC(C)(C)C)[C@@H](CC#N)C3)n1)CCN(c1cccc3cccc(Cl)c13)C2. The Kier molecular flexibility index (Phi) is 9.12. The van der Waals surface area contributed by atoms with Crippen molar-refractivity contribution in [2.45, 2.75) is 70.4 Å². The molecule has 1 amide bonds. The minimum absolute atomic E-state index is 0.0650.